The Balaban J connectivity index is 1.63. The van der Waals surface area contributed by atoms with E-state index in [0.717, 1.165) is 30.7 Å². The third-order valence-corrected chi connectivity index (χ3v) is 3.10. The normalized spacial score (nSPS) is 14.9. The third kappa shape index (κ3) is 2.34. The van der Waals surface area contributed by atoms with Crippen molar-refractivity contribution in [2.75, 3.05) is 5.73 Å². The van der Waals surface area contributed by atoms with Gasteiger partial charge in [0.05, 0.1) is 5.69 Å². The Labute approximate surface area is 104 Å². The van der Waals surface area contributed by atoms with E-state index >= 15 is 0 Å². The standard InChI is InChI=1S/C13H14FN3O/c14-10-5-1-8(7-11(10)15)2-6-12-16-17-13(18-12)9-3-4-9/h1,5,7,9H,2-4,6,15H2. The topological polar surface area (TPSA) is 64.9 Å². The first-order valence-corrected chi connectivity index (χ1v) is 6.08. The van der Waals surface area contributed by atoms with Crippen LogP contribution in [0.2, 0.25) is 0 Å². The lowest BCUT2D eigenvalue weighted by atomic mass is 10.1. The molecule has 2 N–H and O–H groups in total. The average molecular weight is 247 g/mol. The predicted molar refractivity (Wildman–Crippen MR) is 64.5 cm³/mol. The van der Waals surface area contributed by atoms with Crippen molar-refractivity contribution in [1.29, 1.82) is 0 Å². The fourth-order valence-electron chi connectivity index (χ4n) is 1.86. The van der Waals surface area contributed by atoms with Crippen molar-refractivity contribution in [3.05, 3.63) is 41.4 Å². The lowest BCUT2D eigenvalue weighted by molar-refractivity contribution is 0.450. The summed E-state index contributed by atoms with van der Waals surface area (Å²) in [6, 6.07) is 4.76. The number of rotatable bonds is 4. The molecule has 0 bridgehead atoms. The highest BCUT2D eigenvalue weighted by Gasteiger charge is 2.29. The number of aromatic nitrogens is 2. The maximum Gasteiger partial charge on any atom is 0.219 e. The second-order valence-corrected chi connectivity index (χ2v) is 4.66. The van der Waals surface area contributed by atoms with Crippen molar-refractivity contribution in [3.8, 4) is 0 Å². The van der Waals surface area contributed by atoms with Gasteiger partial charge in [-0.2, -0.15) is 0 Å². The van der Waals surface area contributed by atoms with Gasteiger partial charge in [0.2, 0.25) is 11.8 Å². The molecule has 1 fully saturated rings. The first kappa shape index (κ1) is 11.2. The van der Waals surface area contributed by atoms with E-state index in [4.69, 9.17) is 10.2 Å². The van der Waals surface area contributed by atoms with Gasteiger partial charge in [0, 0.05) is 12.3 Å². The number of aryl methyl sites for hydroxylation is 2. The van der Waals surface area contributed by atoms with E-state index in [-0.39, 0.29) is 11.5 Å². The summed E-state index contributed by atoms with van der Waals surface area (Å²) in [5, 5.41) is 8.03. The summed E-state index contributed by atoms with van der Waals surface area (Å²) in [7, 11) is 0. The molecule has 0 unspecified atom stereocenters. The first-order valence-electron chi connectivity index (χ1n) is 6.08. The van der Waals surface area contributed by atoms with Crippen LogP contribution >= 0.6 is 0 Å². The maximum atomic E-state index is 13.0. The Kier molecular flexibility index (Phi) is 2.74. The third-order valence-electron chi connectivity index (χ3n) is 3.10. The first-order chi connectivity index (χ1) is 8.72. The van der Waals surface area contributed by atoms with Crippen molar-refractivity contribution in [3.63, 3.8) is 0 Å². The quantitative estimate of drug-likeness (QED) is 0.843. The fourth-order valence-corrected chi connectivity index (χ4v) is 1.86. The Morgan fingerprint density at radius 1 is 1.28 bits per heavy atom. The second-order valence-electron chi connectivity index (χ2n) is 4.66. The SMILES string of the molecule is Nc1cc(CCc2nnc(C3CC3)o2)ccc1F. The van der Waals surface area contributed by atoms with Crippen molar-refractivity contribution in [2.45, 2.75) is 31.6 Å². The molecule has 0 spiro atoms. The molecule has 94 valence electrons. The summed E-state index contributed by atoms with van der Waals surface area (Å²) >= 11 is 0. The molecule has 1 aromatic heterocycles. The molecule has 0 atom stereocenters. The minimum absolute atomic E-state index is 0.177. The predicted octanol–water partition coefficient (Wildman–Crippen LogP) is 2.45. The Bertz CT molecular complexity index is 563. The van der Waals surface area contributed by atoms with Crippen LogP contribution in [0, 0.1) is 5.82 Å². The number of hydrogen-bond donors (Lipinski definition) is 1. The Morgan fingerprint density at radius 3 is 2.83 bits per heavy atom. The summed E-state index contributed by atoms with van der Waals surface area (Å²) in [4.78, 5) is 0. The van der Waals surface area contributed by atoms with Crippen LogP contribution < -0.4 is 5.73 Å². The van der Waals surface area contributed by atoms with Gasteiger partial charge >= 0.3 is 0 Å². The molecule has 4 nitrogen and oxygen atoms in total. The molecule has 1 aromatic carbocycles. The summed E-state index contributed by atoms with van der Waals surface area (Å²) in [6.45, 7) is 0. The van der Waals surface area contributed by atoms with Gasteiger partial charge in [0.15, 0.2) is 0 Å². The molecule has 5 heteroatoms. The molecular formula is C13H14FN3O. The monoisotopic (exact) mass is 247 g/mol. The van der Waals surface area contributed by atoms with Gasteiger partial charge in [-0.05, 0) is 37.0 Å². The van der Waals surface area contributed by atoms with Crippen LogP contribution in [0.4, 0.5) is 10.1 Å². The van der Waals surface area contributed by atoms with E-state index in [1.165, 1.54) is 6.07 Å². The van der Waals surface area contributed by atoms with Gasteiger partial charge in [-0.25, -0.2) is 4.39 Å². The van der Waals surface area contributed by atoms with Crippen molar-refractivity contribution >= 4 is 5.69 Å². The summed E-state index contributed by atoms with van der Waals surface area (Å²) in [6.07, 6.45) is 3.67. The van der Waals surface area contributed by atoms with E-state index in [1.54, 1.807) is 12.1 Å². The van der Waals surface area contributed by atoms with Crippen molar-refractivity contribution in [1.82, 2.24) is 10.2 Å². The Morgan fingerprint density at radius 2 is 2.11 bits per heavy atom. The molecule has 1 heterocycles. The number of halogens is 1. The molecule has 0 aliphatic heterocycles. The van der Waals surface area contributed by atoms with Crippen LogP contribution in [0.3, 0.4) is 0 Å². The number of nitrogens with two attached hydrogens (primary N) is 1. The molecule has 0 saturated heterocycles. The summed E-state index contributed by atoms with van der Waals surface area (Å²) < 4.78 is 18.6. The van der Waals surface area contributed by atoms with Gasteiger partial charge in [-0.15, -0.1) is 10.2 Å². The van der Waals surface area contributed by atoms with Crippen LogP contribution in [-0.4, -0.2) is 10.2 Å². The number of nitrogen functional groups attached to an aromatic ring is 1. The summed E-state index contributed by atoms with van der Waals surface area (Å²) in [5.41, 5.74) is 6.67. The van der Waals surface area contributed by atoms with Gasteiger partial charge in [-0.1, -0.05) is 6.07 Å². The minimum atomic E-state index is -0.382. The van der Waals surface area contributed by atoms with Crippen LogP contribution in [-0.2, 0) is 12.8 Å². The molecule has 1 saturated carbocycles. The molecule has 18 heavy (non-hydrogen) atoms. The van der Waals surface area contributed by atoms with Crippen molar-refractivity contribution in [2.24, 2.45) is 0 Å². The number of anilines is 1. The maximum absolute atomic E-state index is 13.0. The largest absolute Gasteiger partial charge is 0.425 e. The van der Waals surface area contributed by atoms with Gasteiger partial charge in [0.1, 0.15) is 5.82 Å². The zero-order valence-electron chi connectivity index (χ0n) is 9.90. The van der Waals surface area contributed by atoms with E-state index in [0.29, 0.717) is 18.2 Å². The second kappa shape index (κ2) is 4.40. The molecular weight excluding hydrogens is 233 g/mol. The Hall–Kier alpha value is -1.91. The van der Waals surface area contributed by atoms with E-state index in [1.807, 2.05) is 0 Å². The van der Waals surface area contributed by atoms with Crippen LogP contribution in [0.5, 0.6) is 0 Å². The van der Waals surface area contributed by atoms with E-state index in [9.17, 15) is 4.39 Å². The highest BCUT2D eigenvalue weighted by molar-refractivity contribution is 5.42. The van der Waals surface area contributed by atoms with Crippen LogP contribution in [0.15, 0.2) is 22.6 Å². The molecule has 1 aliphatic rings. The zero-order valence-corrected chi connectivity index (χ0v) is 9.90. The van der Waals surface area contributed by atoms with E-state index in [2.05, 4.69) is 10.2 Å². The van der Waals surface area contributed by atoms with Crippen LogP contribution in [0.25, 0.3) is 0 Å². The van der Waals surface area contributed by atoms with E-state index < -0.39 is 0 Å². The smallest absolute Gasteiger partial charge is 0.219 e. The van der Waals surface area contributed by atoms with Gasteiger partial charge in [-0.3, -0.25) is 0 Å². The zero-order chi connectivity index (χ0) is 12.5. The van der Waals surface area contributed by atoms with Crippen LogP contribution in [0.1, 0.15) is 36.1 Å². The highest BCUT2D eigenvalue weighted by Crippen LogP contribution is 2.39. The number of hydrogen-bond acceptors (Lipinski definition) is 4. The summed E-state index contributed by atoms with van der Waals surface area (Å²) in [5.74, 6) is 1.49. The molecule has 1 aliphatic carbocycles. The highest BCUT2D eigenvalue weighted by atomic mass is 19.1. The molecule has 0 amide bonds. The molecule has 3 rings (SSSR count). The minimum Gasteiger partial charge on any atom is -0.425 e. The lowest BCUT2D eigenvalue weighted by Crippen LogP contribution is -1.96. The van der Waals surface area contributed by atoms with Gasteiger partial charge < -0.3 is 10.2 Å². The lowest BCUT2D eigenvalue weighted by Gasteiger charge is -2.01. The molecule has 2 aromatic rings. The fraction of sp³-hybridized carbons (Fsp3) is 0.385. The number of benzene rings is 1. The van der Waals surface area contributed by atoms with Gasteiger partial charge in [0.25, 0.3) is 0 Å². The average Bonchev–Trinajstić information content (AvgIpc) is 3.11. The number of nitrogens with zero attached hydrogens (tertiary/aromatic N) is 2. The van der Waals surface area contributed by atoms with Crippen molar-refractivity contribution < 1.29 is 8.81 Å². The molecule has 0 radical (unpaired) electrons.